The molecule has 25 heavy (non-hydrogen) atoms. The number of carboxylic acid groups (broad SMARTS) is 1. The van der Waals surface area contributed by atoms with Crippen LogP contribution in [-0.4, -0.2) is 45.8 Å². The van der Waals surface area contributed by atoms with Gasteiger partial charge in [0.2, 0.25) is 0 Å². The number of hydrogen-bond donors (Lipinski definition) is 1. The van der Waals surface area contributed by atoms with Crippen molar-refractivity contribution in [3.63, 3.8) is 0 Å². The van der Waals surface area contributed by atoms with E-state index in [4.69, 9.17) is 11.6 Å². The Morgan fingerprint density at radius 1 is 1.28 bits per heavy atom. The van der Waals surface area contributed by atoms with Crippen LogP contribution in [-0.2, 0) is 9.59 Å². The maximum atomic E-state index is 13.0. The SMILES string of the molecule is CS[C@@H]1C(C(=O)c2ccc(Cl)cc2)=C(CC(=O)O)C(=O)N1CC(C)C. The molecule has 0 bridgehead atoms. The number of thioether (sulfide) groups is 1. The van der Waals surface area contributed by atoms with Crippen molar-refractivity contribution in [1.82, 2.24) is 4.90 Å². The molecule has 0 saturated carbocycles. The van der Waals surface area contributed by atoms with E-state index >= 15 is 0 Å². The molecule has 1 aliphatic rings. The third kappa shape index (κ3) is 4.25. The molecule has 0 fully saturated rings. The second-order valence-electron chi connectivity index (χ2n) is 6.24. The first-order valence-corrected chi connectivity index (χ1v) is 9.51. The number of carbonyl (C=O) groups excluding carboxylic acids is 2. The Morgan fingerprint density at radius 3 is 2.36 bits per heavy atom. The maximum Gasteiger partial charge on any atom is 0.308 e. The largest absolute Gasteiger partial charge is 0.481 e. The molecule has 1 aromatic carbocycles. The first-order chi connectivity index (χ1) is 11.8. The molecule has 1 heterocycles. The summed E-state index contributed by atoms with van der Waals surface area (Å²) in [4.78, 5) is 38.6. The van der Waals surface area contributed by atoms with Gasteiger partial charge in [-0.3, -0.25) is 14.4 Å². The lowest BCUT2D eigenvalue weighted by molar-refractivity contribution is -0.137. The molecule has 0 radical (unpaired) electrons. The molecule has 0 saturated heterocycles. The van der Waals surface area contributed by atoms with Crippen LogP contribution >= 0.6 is 23.4 Å². The molecule has 134 valence electrons. The number of hydrogen-bond acceptors (Lipinski definition) is 4. The fraction of sp³-hybridized carbons (Fsp3) is 0.389. The Morgan fingerprint density at radius 2 is 1.88 bits per heavy atom. The van der Waals surface area contributed by atoms with Crippen molar-refractivity contribution in [2.45, 2.75) is 25.6 Å². The Bertz CT molecular complexity index is 727. The second kappa shape index (κ2) is 8.06. The lowest BCUT2D eigenvalue weighted by Crippen LogP contribution is -2.37. The Kier molecular flexibility index (Phi) is 6.30. The highest BCUT2D eigenvalue weighted by Gasteiger charge is 2.42. The predicted molar refractivity (Wildman–Crippen MR) is 98.9 cm³/mol. The molecular formula is C18H20ClNO4S. The summed E-state index contributed by atoms with van der Waals surface area (Å²) in [5.74, 6) is -1.62. The van der Waals surface area contributed by atoms with Crippen LogP contribution in [0, 0.1) is 5.92 Å². The zero-order valence-electron chi connectivity index (χ0n) is 14.3. The standard InChI is InChI=1S/C18H20ClNO4S/c1-10(2)9-20-17(24)13(8-14(21)22)15(18(20)25-3)16(23)11-4-6-12(19)7-5-11/h4-7,10,18H,8-9H2,1-3H3,(H,21,22)/t18-/m1/s1. The van der Waals surface area contributed by atoms with Crippen molar-refractivity contribution in [2.24, 2.45) is 5.92 Å². The number of carboxylic acids is 1. The molecule has 1 aromatic rings. The van der Waals surface area contributed by atoms with Crippen LogP contribution in [0.4, 0.5) is 0 Å². The molecule has 0 spiro atoms. The quantitative estimate of drug-likeness (QED) is 0.732. The topological polar surface area (TPSA) is 74.7 Å². The normalized spacial score (nSPS) is 17.6. The van der Waals surface area contributed by atoms with Crippen LogP contribution < -0.4 is 0 Å². The summed E-state index contributed by atoms with van der Waals surface area (Å²) in [6, 6.07) is 6.37. The minimum Gasteiger partial charge on any atom is -0.481 e. The Hall–Kier alpha value is -1.79. The number of benzene rings is 1. The van der Waals surface area contributed by atoms with Gasteiger partial charge in [0.05, 0.1) is 6.42 Å². The first-order valence-electron chi connectivity index (χ1n) is 7.85. The van der Waals surface area contributed by atoms with E-state index < -0.39 is 17.8 Å². The molecule has 0 aliphatic carbocycles. The smallest absolute Gasteiger partial charge is 0.308 e. The van der Waals surface area contributed by atoms with Gasteiger partial charge in [0.15, 0.2) is 5.78 Å². The Labute approximate surface area is 156 Å². The molecule has 1 aliphatic heterocycles. The van der Waals surface area contributed by atoms with Gasteiger partial charge in [-0.1, -0.05) is 25.4 Å². The van der Waals surface area contributed by atoms with E-state index in [1.54, 1.807) is 29.2 Å². The van der Waals surface area contributed by atoms with Gasteiger partial charge in [-0.15, -0.1) is 11.8 Å². The second-order valence-corrected chi connectivity index (χ2v) is 7.59. The number of amides is 1. The minimum absolute atomic E-state index is 0.0763. The lowest BCUT2D eigenvalue weighted by atomic mass is 9.98. The highest BCUT2D eigenvalue weighted by molar-refractivity contribution is 7.99. The van der Waals surface area contributed by atoms with Crippen molar-refractivity contribution in [1.29, 1.82) is 0 Å². The molecule has 5 nitrogen and oxygen atoms in total. The fourth-order valence-corrected chi connectivity index (χ4v) is 3.89. The van der Waals surface area contributed by atoms with E-state index in [-0.39, 0.29) is 28.8 Å². The first kappa shape index (κ1) is 19.5. The third-order valence-corrected chi connectivity index (χ3v) is 5.03. The number of halogens is 1. The van der Waals surface area contributed by atoms with E-state index in [0.717, 1.165) is 0 Å². The van der Waals surface area contributed by atoms with E-state index in [2.05, 4.69) is 0 Å². The van der Waals surface area contributed by atoms with E-state index in [9.17, 15) is 19.5 Å². The predicted octanol–water partition coefficient (Wildman–Crippen LogP) is 3.48. The Balaban J connectivity index is 2.51. The molecular weight excluding hydrogens is 362 g/mol. The summed E-state index contributed by atoms with van der Waals surface area (Å²) in [5.41, 5.74) is 0.732. The number of carbonyl (C=O) groups is 3. The van der Waals surface area contributed by atoms with Gasteiger partial charge >= 0.3 is 5.97 Å². The number of rotatable bonds is 7. The van der Waals surface area contributed by atoms with E-state index in [1.165, 1.54) is 11.8 Å². The van der Waals surface area contributed by atoms with Gasteiger partial charge in [-0.25, -0.2) is 0 Å². The van der Waals surface area contributed by atoms with Gasteiger partial charge in [0.1, 0.15) is 5.37 Å². The zero-order chi connectivity index (χ0) is 18.7. The van der Waals surface area contributed by atoms with Crippen molar-refractivity contribution in [3.8, 4) is 0 Å². The average Bonchev–Trinajstić information content (AvgIpc) is 2.79. The summed E-state index contributed by atoms with van der Waals surface area (Å²) in [6.45, 7) is 4.41. The van der Waals surface area contributed by atoms with Gasteiger partial charge in [-0.05, 0) is 36.4 Å². The van der Waals surface area contributed by atoms with Gasteiger partial charge in [0, 0.05) is 28.3 Å². The third-order valence-electron chi connectivity index (χ3n) is 3.84. The van der Waals surface area contributed by atoms with Crippen LogP contribution in [0.25, 0.3) is 0 Å². The molecule has 1 amide bonds. The fourth-order valence-electron chi connectivity index (χ4n) is 2.85. The van der Waals surface area contributed by atoms with Crippen LogP contribution in [0.2, 0.25) is 5.02 Å². The minimum atomic E-state index is -1.13. The van der Waals surface area contributed by atoms with Crippen molar-refractivity contribution < 1.29 is 19.5 Å². The number of nitrogens with zero attached hydrogens (tertiary/aromatic N) is 1. The summed E-state index contributed by atoms with van der Waals surface area (Å²) >= 11 is 7.22. The van der Waals surface area contributed by atoms with Crippen LogP contribution in [0.3, 0.4) is 0 Å². The monoisotopic (exact) mass is 381 g/mol. The lowest BCUT2D eigenvalue weighted by Gasteiger charge is -2.27. The molecule has 1 atom stereocenters. The van der Waals surface area contributed by atoms with Crippen LogP contribution in [0.5, 0.6) is 0 Å². The van der Waals surface area contributed by atoms with Gasteiger partial charge in [-0.2, -0.15) is 0 Å². The molecule has 1 N–H and O–H groups in total. The summed E-state index contributed by atoms with van der Waals surface area (Å²) in [5, 5.41) is 9.21. The van der Waals surface area contributed by atoms with Gasteiger partial charge in [0.25, 0.3) is 5.91 Å². The van der Waals surface area contributed by atoms with Crippen molar-refractivity contribution in [3.05, 3.63) is 46.0 Å². The highest BCUT2D eigenvalue weighted by Crippen LogP contribution is 2.36. The van der Waals surface area contributed by atoms with E-state index in [1.807, 2.05) is 20.1 Å². The molecule has 7 heteroatoms. The molecule has 2 rings (SSSR count). The van der Waals surface area contributed by atoms with Crippen molar-refractivity contribution >= 4 is 41.0 Å². The van der Waals surface area contributed by atoms with Gasteiger partial charge < -0.3 is 10.0 Å². The molecule has 0 aromatic heterocycles. The average molecular weight is 382 g/mol. The van der Waals surface area contributed by atoms with Crippen molar-refractivity contribution in [2.75, 3.05) is 12.8 Å². The summed E-state index contributed by atoms with van der Waals surface area (Å²) in [6.07, 6.45) is 1.35. The maximum absolute atomic E-state index is 13.0. The molecule has 0 unspecified atom stereocenters. The number of Topliss-reactive ketones (excluding diaryl/α,β-unsaturated/α-hetero) is 1. The van der Waals surface area contributed by atoms with Crippen LogP contribution in [0.15, 0.2) is 35.4 Å². The highest BCUT2D eigenvalue weighted by atomic mass is 35.5. The zero-order valence-corrected chi connectivity index (χ0v) is 15.9. The summed E-state index contributed by atoms with van der Waals surface area (Å²) < 4.78 is 0. The number of aliphatic carboxylic acids is 1. The number of ketones is 1. The van der Waals surface area contributed by atoms with E-state index in [0.29, 0.717) is 17.1 Å². The summed E-state index contributed by atoms with van der Waals surface area (Å²) in [7, 11) is 0. The van der Waals surface area contributed by atoms with Crippen LogP contribution in [0.1, 0.15) is 30.6 Å².